The van der Waals surface area contributed by atoms with Crippen molar-refractivity contribution in [2.45, 2.75) is 32.5 Å². The molecule has 3 heterocycles. The van der Waals surface area contributed by atoms with Crippen LogP contribution in [0.3, 0.4) is 0 Å². The van der Waals surface area contributed by atoms with E-state index in [2.05, 4.69) is 9.97 Å². The predicted octanol–water partition coefficient (Wildman–Crippen LogP) is 3.20. The zero-order valence-electron chi connectivity index (χ0n) is 18.9. The lowest BCUT2D eigenvalue weighted by atomic mass is 9.96. The minimum atomic E-state index is -0.372. The molecular formula is C24H28N4O4. The zero-order chi connectivity index (χ0) is 22.7. The summed E-state index contributed by atoms with van der Waals surface area (Å²) in [5.74, 6) is 0.435. The van der Waals surface area contributed by atoms with E-state index in [-0.39, 0.29) is 24.2 Å². The zero-order valence-corrected chi connectivity index (χ0v) is 18.9. The number of morpholine rings is 1. The number of fused-ring (bicyclic) bond motifs is 1. The molecule has 3 aromatic rings. The lowest BCUT2D eigenvalue weighted by Gasteiger charge is -2.32. The standard InChI is InChI=1S/C24H28N4O4/c1-16(29)28-11-12-31-19(14-28)15-32-23-22-21(25-9-10-26-22)13-20(27-23)17-5-7-18(8-6-17)24(2,3)30-4/h5-10,13,19H,11-12,14-15H2,1-4H3/t19-/m0/s1. The van der Waals surface area contributed by atoms with Crippen LogP contribution < -0.4 is 4.74 Å². The predicted molar refractivity (Wildman–Crippen MR) is 120 cm³/mol. The number of rotatable bonds is 6. The number of carbonyl (C=O) groups is 1. The van der Waals surface area contributed by atoms with Crippen LogP contribution in [-0.4, -0.2) is 65.3 Å². The third kappa shape index (κ3) is 4.71. The van der Waals surface area contributed by atoms with Crippen molar-refractivity contribution in [2.75, 3.05) is 33.4 Å². The number of carbonyl (C=O) groups excluding carboxylic acids is 1. The van der Waals surface area contributed by atoms with Crippen LogP contribution in [0.1, 0.15) is 26.3 Å². The van der Waals surface area contributed by atoms with E-state index in [0.717, 1.165) is 16.8 Å². The fourth-order valence-electron chi connectivity index (χ4n) is 3.63. The van der Waals surface area contributed by atoms with E-state index in [1.165, 1.54) is 0 Å². The number of ether oxygens (including phenoxy) is 3. The molecule has 0 N–H and O–H groups in total. The summed E-state index contributed by atoms with van der Waals surface area (Å²) in [6.45, 7) is 7.48. The van der Waals surface area contributed by atoms with Gasteiger partial charge >= 0.3 is 0 Å². The first-order chi connectivity index (χ1) is 15.4. The molecule has 1 fully saturated rings. The Balaban J connectivity index is 1.60. The molecule has 4 rings (SSSR count). The van der Waals surface area contributed by atoms with Gasteiger partial charge in [0.05, 0.1) is 30.0 Å². The van der Waals surface area contributed by atoms with Gasteiger partial charge in [0.25, 0.3) is 0 Å². The molecule has 1 amide bonds. The molecule has 1 saturated heterocycles. The first-order valence-corrected chi connectivity index (χ1v) is 10.6. The Hall–Kier alpha value is -3.10. The van der Waals surface area contributed by atoms with E-state index in [1.54, 1.807) is 31.3 Å². The fourth-order valence-corrected chi connectivity index (χ4v) is 3.63. The average Bonchev–Trinajstić information content (AvgIpc) is 2.82. The summed E-state index contributed by atoms with van der Waals surface area (Å²) in [5, 5.41) is 0. The summed E-state index contributed by atoms with van der Waals surface area (Å²) in [7, 11) is 1.70. The summed E-state index contributed by atoms with van der Waals surface area (Å²) >= 11 is 0. The van der Waals surface area contributed by atoms with Gasteiger partial charge < -0.3 is 19.1 Å². The van der Waals surface area contributed by atoms with Crippen LogP contribution in [0.25, 0.3) is 22.3 Å². The third-order valence-corrected chi connectivity index (χ3v) is 5.80. The quantitative estimate of drug-likeness (QED) is 0.586. The number of aromatic nitrogens is 3. The van der Waals surface area contributed by atoms with E-state index in [1.807, 2.05) is 44.2 Å². The van der Waals surface area contributed by atoms with E-state index in [4.69, 9.17) is 19.2 Å². The van der Waals surface area contributed by atoms with E-state index in [0.29, 0.717) is 36.6 Å². The van der Waals surface area contributed by atoms with Crippen LogP contribution in [0.5, 0.6) is 5.88 Å². The number of amides is 1. The maximum absolute atomic E-state index is 11.7. The molecule has 0 spiro atoms. The second-order valence-electron chi connectivity index (χ2n) is 8.30. The Morgan fingerprint density at radius 1 is 1.22 bits per heavy atom. The number of hydrogen-bond acceptors (Lipinski definition) is 7. The van der Waals surface area contributed by atoms with Crippen molar-refractivity contribution in [3.05, 3.63) is 48.3 Å². The molecule has 0 radical (unpaired) electrons. The Bertz CT molecular complexity index is 1100. The molecule has 0 unspecified atom stereocenters. The minimum Gasteiger partial charge on any atom is -0.473 e. The Labute approximate surface area is 187 Å². The summed E-state index contributed by atoms with van der Waals surface area (Å²) in [5.41, 5.74) is 3.67. The van der Waals surface area contributed by atoms with E-state index >= 15 is 0 Å². The highest BCUT2D eigenvalue weighted by Gasteiger charge is 2.24. The Morgan fingerprint density at radius 3 is 2.69 bits per heavy atom. The van der Waals surface area contributed by atoms with Crippen molar-refractivity contribution in [1.29, 1.82) is 0 Å². The van der Waals surface area contributed by atoms with Gasteiger partial charge in [-0.15, -0.1) is 0 Å². The van der Waals surface area contributed by atoms with Gasteiger partial charge in [-0.2, -0.15) is 0 Å². The van der Waals surface area contributed by atoms with E-state index in [9.17, 15) is 4.79 Å². The van der Waals surface area contributed by atoms with Gasteiger partial charge in [0, 0.05) is 38.5 Å². The topological polar surface area (TPSA) is 86.7 Å². The van der Waals surface area contributed by atoms with E-state index < -0.39 is 0 Å². The van der Waals surface area contributed by atoms with Gasteiger partial charge in [-0.05, 0) is 25.5 Å². The maximum atomic E-state index is 11.7. The second-order valence-corrected chi connectivity index (χ2v) is 8.30. The van der Waals surface area contributed by atoms with Gasteiger partial charge in [-0.1, -0.05) is 24.3 Å². The summed E-state index contributed by atoms with van der Waals surface area (Å²) in [6.07, 6.45) is 3.04. The molecule has 1 aliphatic rings. The third-order valence-electron chi connectivity index (χ3n) is 5.80. The summed E-state index contributed by atoms with van der Waals surface area (Å²) < 4.78 is 17.4. The molecule has 0 bridgehead atoms. The van der Waals surface area contributed by atoms with Crippen molar-refractivity contribution in [2.24, 2.45) is 0 Å². The first kappa shape index (κ1) is 22.1. The first-order valence-electron chi connectivity index (χ1n) is 10.6. The van der Waals surface area contributed by atoms with Crippen molar-refractivity contribution >= 4 is 16.9 Å². The van der Waals surface area contributed by atoms with Crippen molar-refractivity contribution in [3.8, 4) is 17.1 Å². The van der Waals surface area contributed by atoms with Gasteiger partial charge in [0.15, 0.2) is 5.52 Å². The number of benzene rings is 1. The summed E-state index contributed by atoms with van der Waals surface area (Å²) in [6, 6.07) is 10.0. The smallest absolute Gasteiger partial charge is 0.242 e. The van der Waals surface area contributed by atoms with Gasteiger partial charge in [0.1, 0.15) is 12.7 Å². The average molecular weight is 437 g/mol. The number of pyridine rings is 1. The maximum Gasteiger partial charge on any atom is 0.242 e. The lowest BCUT2D eigenvalue weighted by molar-refractivity contribution is -0.137. The monoisotopic (exact) mass is 436 g/mol. The van der Waals surface area contributed by atoms with Gasteiger partial charge in [-0.3, -0.25) is 9.78 Å². The number of hydrogen-bond donors (Lipinski definition) is 0. The van der Waals surface area contributed by atoms with Crippen molar-refractivity contribution in [3.63, 3.8) is 0 Å². The molecule has 8 heteroatoms. The molecular weight excluding hydrogens is 408 g/mol. The fraction of sp³-hybridized carbons (Fsp3) is 0.417. The molecule has 1 atom stereocenters. The highest BCUT2D eigenvalue weighted by atomic mass is 16.5. The van der Waals surface area contributed by atoms with Crippen LogP contribution >= 0.6 is 0 Å². The van der Waals surface area contributed by atoms with Crippen molar-refractivity contribution in [1.82, 2.24) is 19.9 Å². The molecule has 2 aromatic heterocycles. The Kier molecular flexibility index (Phi) is 6.34. The number of methoxy groups -OCH3 is 1. The highest BCUT2D eigenvalue weighted by Crippen LogP contribution is 2.30. The molecule has 0 saturated carbocycles. The number of nitrogens with zero attached hydrogens (tertiary/aromatic N) is 4. The lowest BCUT2D eigenvalue weighted by Crippen LogP contribution is -2.46. The molecule has 1 aliphatic heterocycles. The largest absolute Gasteiger partial charge is 0.473 e. The molecule has 32 heavy (non-hydrogen) atoms. The normalized spacial score (nSPS) is 16.9. The van der Waals surface area contributed by atoms with Crippen molar-refractivity contribution < 1.29 is 19.0 Å². The van der Waals surface area contributed by atoms with Crippen LogP contribution in [0.15, 0.2) is 42.7 Å². The van der Waals surface area contributed by atoms with Crippen LogP contribution in [0, 0.1) is 0 Å². The summed E-state index contributed by atoms with van der Waals surface area (Å²) in [4.78, 5) is 27.0. The van der Waals surface area contributed by atoms with Crippen LogP contribution in [0.2, 0.25) is 0 Å². The Morgan fingerprint density at radius 2 is 1.97 bits per heavy atom. The minimum absolute atomic E-state index is 0.0369. The SMILES string of the molecule is COC(C)(C)c1ccc(-c2cc3nccnc3c(OC[C@@H]3CN(C(C)=O)CCO3)n2)cc1. The van der Waals surface area contributed by atoms with Crippen LogP contribution in [-0.2, 0) is 19.9 Å². The highest BCUT2D eigenvalue weighted by molar-refractivity contribution is 5.83. The van der Waals surface area contributed by atoms with Gasteiger partial charge in [-0.25, -0.2) is 9.97 Å². The van der Waals surface area contributed by atoms with Gasteiger partial charge in [0.2, 0.25) is 11.8 Å². The second kappa shape index (κ2) is 9.18. The van der Waals surface area contributed by atoms with Crippen LogP contribution in [0.4, 0.5) is 0 Å². The molecule has 168 valence electrons. The molecule has 1 aromatic carbocycles. The molecule has 0 aliphatic carbocycles. The molecule has 8 nitrogen and oxygen atoms in total.